The zero-order valence-electron chi connectivity index (χ0n) is 9.59. The molecule has 0 saturated heterocycles. The molecule has 1 N–H and O–H groups in total. The van der Waals surface area contributed by atoms with Crippen LogP contribution in [0.4, 0.5) is 0 Å². The van der Waals surface area contributed by atoms with Crippen molar-refractivity contribution < 1.29 is 5.11 Å². The molecule has 3 rings (SSSR count). The van der Waals surface area contributed by atoms with Gasteiger partial charge in [-0.05, 0) is 29.9 Å². The van der Waals surface area contributed by atoms with Crippen molar-refractivity contribution >= 4 is 23.1 Å². The maximum atomic E-state index is 10.4. The zero-order chi connectivity index (χ0) is 11.8. The van der Waals surface area contributed by atoms with Crippen LogP contribution in [0.5, 0.6) is 0 Å². The van der Waals surface area contributed by atoms with Gasteiger partial charge < -0.3 is 5.11 Å². The molecule has 1 atom stereocenters. The number of rotatable bonds is 2. The fourth-order valence-electron chi connectivity index (χ4n) is 2.10. The summed E-state index contributed by atoms with van der Waals surface area (Å²) in [5.74, 6) is 2.29. The fourth-order valence-corrected chi connectivity index (χ4v) is 4.48. The maximum Gasteiger partial charge on any atom is 0.130 e. The van der Waals surface area contributed by atoms with Gasteiger partial charge in [0, 0.05) is 28.8 Å². The minimum absolute atomic E-state index is 0.539. The Morgan fingerprint density at radius 1 is 1.53 bits per heavy atom. The van der Waals surface area contributed by atoms with Crippen molar-refractivity contribution in [3.05, 3.63) is 39.3 Å². The van der Waals surface area contributed by atoms with E-state index in [-0.39, 0.29) is 0 Å². The van der Waals surface area contributed by atoms with Crippen molar-refractivity contribution in [2.45, 2.75) is 18.3 Å². The quantitative estimate of drug-likeness (QED) is 0.907. The largest absolute Gasteiger partial charge is 0.381 e. The summed E-state index contributed by atoms with van der Waals surface area (Å²) in [4.78, 5) is 2.49. The van der Waals surface area contributed by atoms with Gasteiger partial charge in [-0.25, -0.2) is 0 Å². The molecule has 0 saturated carbocycles. The third kappa shape index (κ3) is 2.03. The summed E-state index contributed by atoms with van der Waals surface area (Å²) in [6, 6.07) is 4.03. The number of aryl methyl sites for hydroxylation is 2. The zero-order valence-corrected chi connectivity index (χ0v) is 11.2. The summed E-state index contributed by atoms with van der Waals surface area (Å²) in [7, 11) is 1.86. The second kappa shape index (κ2) is 4.48. The highest BCUT2D eigenvalue weighted by molar-refractivity contribution is 7.98. The third-order valence-electron chi connectivity index (χ3n) is 3.06. The van der Waals surface area contributed by atoms with Gasteiger partial charge in [0.15, 0.2) is 0 Å². The number of aliphatic hydroxyl groups excluding tert-OH is 1. The van der Waals surface area contributed by atoms with Crippen LogP contribution in [-0.2, 0) is 19.2 Å². The topological polar surface area (TPSA) is 38.0 Å². The van der Waals surface area contributed by atoms with E-state index in [4.69, 9.17) is 0 Å². The lowest BCUT2D eigenvalue weighted by molar-refractivity contribution is 0.213. The lowest BCUT2D eigenvalue weighted by Crippen LogP contribution is -2.04. The van der Waals surface area contributed by atoms with E-state index in [2.05, 4.69) is 11.2 Å². The van der Waals surface area contributed by atoms with Crippen LogP contribution < -0.4 is 0 Å². The molecule has 1 unspecified atom stereocenters. The maximum absolute atomic E-state index is 10.4. The number of hydrogen-bond acceptors (Lipinski definition) is 4. The van der Waals surface area contributed by atoms with E-state index in [1.165, 1.54) is 16.2 Å². The average Bonchev–Trinajstić information content (AvgIpc) is 2.93. The molecule has 0 radical (unpaired) electrons. The molecule has 5 heteroatoms. The van der Waals surface area contributed by atoms with Crippen molar-refractivity contribution in [2.24, 2.45) is 7.05 Å². The van der Waals surface area contributed by atoms with Crippen LogP contribution in [0.3, 0.4) is 0 Å². The van der Waals surface area contributed by atoms with E-state index in [1.54, 1.807) is 22.2 Å². The number of aliphatic hydroxyl groups is 1. The minimum atomic E-state index is -0.539. The predicted octanol–water partition coefficient (Wildman–Crippen LogP) is 2.35. The molecule has 0 aliphatic carbocycles. The first-order valence-corrected chi connectivity index (χ1v) is 7.58. The molecule has 1 aliphatic heterocycles. The van der Waals surface area contributed by atoms with Gasteiger partial charge in [0.05, 0.1) is 5.69 Å². The van der Waals surface area contributed by atoms with Gasteiger partial charge in [0.2, 0.25) is 0 Å². The van der Waals surface area contributed by atoms with E-state index < -0.39 is 6.10 Å². The second-order valence-electron chi connectivity index (χ2n) is 4.18. The molecule has 0 aromatic carbocycles. The number of thiophene rings is 1. The van der Waals surface area contributed by atoms with Crippen molar-refractivity contribution in [1.82, 2.24) is 9.78 Å². The second-order valence-corrected chi connectivity index (χ2v) is 6.46. The summed E-state index contributed by atoms with van der Waals surface area (Å²) in [6.45, 7) is 0. The number of hydrogen-bond donors (Lipinski definition) is 1. The molecule has 0 spiro atoms. The molecule has 0 fully saturated rings. The summed E-state index contributed by atoms with van der Waals surface area (Å²) in [5, 5.41) is 14.5. The summed E-state index contributed by atoms with van der Waals surface area (Å²) < 4.78 is 1.73. The number of fused-ring (bicyclic) bond motifs is 1. The van der Waals surface area contributed by atoms with Crippen LogP contribution in [-0.4, -0.2) is 20.6 Å². The molecule has 90 valence electrons. The van der Waals surface area contributed by atoms with Gasteiger partial charge in [0.25, 0.3) is 0 Å². The predicted molar refractivity (Wildman–Crippen MR) is 71.5 cm³/mol. The Kier molecular flexibility index (Phi) is 2.98. The SMILES string of the molecule is Cn1nccc1C(O)c1cc2c(s1)CCSC2. The Balaban J connectivity index is 1.94. The Bertz CT molecular complexity index is 509. The monoisotopic (exact) mass is 266 g/mol. The molecule has 0 bridgehead atoms. The van der Waals surface area contributed by atoms with E-state index in [1.807, 2.05) is 24.9 Å². The van der Waals surface area contributed by atoms with Crippen molar-refractivity contribution in [3.8, 4) is 0 Å². The van der Waals surface area contributed by atoms with Crippen molar-refractivity contribution in [1.29, 1.82) is 0 Å². The molecule has 2 aromatic rings. The van der Waals surface area contributed by atoms with E-state index in [0.717, 1.165) is 22.7 Å². The van der Waals surface area contributed by atoms with E-state index in [0.29, 0.717) is 0 Å². The van der Waals surface area contributed by atoms with Gasteiger partial charge in [-0.1, -0.05) is 0 Å². The Morgan fingerprint density at radius 3 is 3.12 bits per heavy atom. The molecule has 17 heavy (non-hydrogen) atoms. The molecule has 3 heterocycles. The van der Waals surface area contributed by atoms with Crippen LogP contribution in [0, 0.1) is 0 Å². The third-order valence-corrected chi connectivity index (χ3v) is 5.35. The van der Waals surface area contributed by atoms with Crippen LogP contribution in [0.25, 0.3) is 0 Å². The van der Waals surface area contributed by atoms with Gasteiger partial charge in [-0.2, -0.15) is 16.9 Å². The highest BCUT2D eigenvalue weighted by Gasteiger charge is 2.20. The van der Waals surface area contributed by atoms with Crippen LogP contribution in [0.1, 0.15) is 27.1 Å². The normalized spacial score (nSPS) is 16.8. The average molecular weight is 266 g/mol. The van der Waals surface area contributed by atoms with Gasteiger partial charge in [-0.15, -0.1) is 11.3 Å². The Labute approximate surface area is 108 Å². The van der Waals surface area contributed by atoms with Crippen LogP contribution in [0.15, 0.2) is 18.3 Å². The molecular formula is C12H14N2OS2. The van der Waals surface area contributed by atoms with Gasteiger partial charge in [-0.3, -0.25) is 4.68 Å². The van der Waals surface area contributed by atoms with Crippen LogP contribution >= 0.6 is 23.1 Å². The highest BCUT2D eigenvalue weighted by Crippen LogP contribution is 2.36. The molecule has 3 nitrogen and oxygen atoms in total. The Hall–Kier alpha value is -0.780. The minimum Gasteiger partial charge on any atom is -0.381 e. The van der Waals surface area contributed by atoms with E-state index in [9.17, 15) is 5.11 Å². The highest BCUT2D eigenvalue weighted by atomic mass is 32.2. The standard InChI is InChI=1S/C12H14N2OS2/c1-14-9(2-4-13-14)12(15)11-6-8-7-16-5-3-10(8)17-11/h2,4,6,12,15H,3,5,7H2,1H3. The molecule has 2 aromatic heterocycles. The van der Waals surface area contributed by atoms with Gasteiger partial charge >= 0.3 is 0 Å². The molecular weight excluding hydrogens is 252 g/mol. The molecule has 1 aliphatic rings. The summed E-state index contributed by atoms with van der Waals surface area (Å²) in [6.07, 6.45) is 2.33. The smallest absolute Gasteiger partial charge is 0.130 e. The first-order valence-electron chi connectivity index (χ1n) is 5.61. The number of thioether (sulfide) groups is 1. The fraction of sp³-hybridized carbons (Fsp3) is 0.417. The Morgan fingerprint density at radius 2 is 2.41 bits per heavy atom. The lowest BCUT2D eigenvalue weighted by atomic mass is 10.1. The van der Waals surface area contributed by atoms with Gasteiger partial charge in [0.1, 0.15) is 6.10 Å². The number of aromatic nitrogens is 2. The van der Waals surface area contributed by atoms with E-state index >= 15 is 0 Å². The summed E-state index contributed by atoms with van der Waals surface area (Å²) in [5.41, 5.74) is 2.26. The van der Waals surface area contributed by atoms with Crippen molar-refractivity contribution in [3.63, 3.8) is 0 Å². The summed E-state index contributed by atoms with van der Waals surface area (Å²) >= 11 is 3.72. The van der Waals surface area contributed by atoms with Crippen molar-refractivity contribution in [2.75, 3.05) is 5.75 Å². The lowest BCUT2D eigenvalue weighted by Gasteiger charge is -2.08. The molecule has 0 amide bonds. The number of nitrogens with zero attached hydrogens (tertiary/aromatic N) is 2. The first-order chi connectivity index (χ1) is 8.25. The van der Waals surface area contributed by atoms with Crippen LogP contribution in [0.2, 0.25) is 0 Å². The first kappa shape index (κ1) is 11.3.